The van der Waals surface area contributed by atoms with E-state index in [0.29, 0.717) is 0 Å². The first-order valence-corrected chi connectivity index (χ1v) is 4.26. The first-order valence-electron chi connectivity index (χ1n) is 4.26. The molecular formula is C8H12F3NO3. The van der Waals surface area contributed by atoms with Gasteiger partial charge in [-0.05, 0) is 5.92 Å². The van der Waals surface area contributed by atoms with E-state index in [4.69, 9.17) is 5.11 Å². The Morgan fingerprint density at radius 3 is 2.27 bits per heavy atom. The van der Waals surface area contributed by atoms with Crippen molar-refractivity contribution in [3.8, 4) is 0 Å². The highest BCUT2D eigenvalue weighted by Crippen LogP contribution is 2.13. The monoisotopic (exact) mass is 227 g/mol. The third-order valence-electron chi connectivity index (χ3n) is 1.54. The Morgan fingerprint density at radius 2 is 1.87 bits per heavy atom. The minimum atomic E-state index is -4.44. The number of hydrogen-bond acceptors (Lipinski definition) is 2. The third kappa shape index (κ3) is 9.04. The van der Waals surface area contributed by atoms with Crippen LogP contribution in [0.15, 0.2) is 0 Å². The van der Waals surface area contributed by atoms with Gasteiger partial charge in [0.05, 0.1) is 0 Å². The lowest BCUT2D eigenvalue weighted by Crippen LogP contribution is -2.34. The van der Waals surface area contributed by atoms with E-state index in [1.165, 1.54) is 6.92 Å². The lowest BCUT2D eigenvalue weighted by Gasteiger charge is -2.10. The SMILES string of the molecule is CC(CC(=O)O)CC(=O)NCC(F)(F)F. The largest absolute Gasteiger partial charge is 0.481 e. The zero-order chi connectivity index (χ0) is 12.1. The summed E-state index contributed by atoms with van der Waals surface area (Å²) in [5, 5.41) is 10.0. The molecule has 4 nitrogen and oxygen atoms in total. The Morgan fingerprint density at radius 1 is 1.33 bits per heavy atom. The molecule has 0 heterocycles. The second kappa shape index (κ2) is 5.57. The van der Waals surface area contributed by atoms with Crippen molar-refractivity contribution in [2.75, 3.05) is 6.54 Å². The summed E-state index contributed by atoms with van der Waals surface area (Å²) >= 11 is 0. The van der Waals surface area contributed by atoms with Crippen molar-refractivity contribution in [2.45, 2.75) is 25.9 Å². The van der Waals surface area contributed by atoms with E-state index in [-0.39, 0.29) is 12.8 Å². The van der Waals surface area contributed by atoms with Gasteiger partial charge in [0.1, 0.15) is 6.54 Å². The molecule has 0 rings (SSSR count). The van der Waals surface area contributed by atoms with Crippen LogP contribution in [0.5, 0.6) is 0 Å². The predicted molar refractivity (Wildman–Crippen MR) is 45.1 cm³/mol. The molecule has 0 aromatic carbocycles. The van der Waals surface area contributed by atoms with Gasteiger partial charge in [-0.3, -0.25) is 9.59 Å². The number of carboxylic acid groups (broad SMARTS) is 1. The fraction of sp³-hybridized carbons (Fsp3) is 0.750. The number of aliphatic carboxylic acids is 1. The van der Waals surface area contributed by atoms with Crippen molar-refractivity contribution in [3.63, 3.8) is 0 Å². The summed E-state index contributed by atoms with van der Waals surface area (Å²) in [4.78, 5) is 21.1. The Hall–Kier alpha value is -1.27. The zero-order valence-corrected chi connectivity index (χ0v) is 8.10. The van der Waals surface area contributed by atoms with Crippen LogP contribution in [0, 0.1) is 5.92 Å². The average Bonchev–Trinajstić information content (AvgIpc) is 1.97. The summed E-state index contributed by atoms with van der Waals surface area (Å²) in [6.45, 7) is 0.104. The molecule has 1 atom stereocenters. The number of hydrogen-bond donors (Lipinski definition) is 2. The average molecular weight is 227 g/mol. The fourth-order valence-electron chi connectivity index (χ4n) is 0.958. The number of rotatable bonds is 5. The molecule has 1 unspecified atom stereocenters. The van der Waals surface area contributed by atoms with E-state index >= 15 is 0 Å². The molecule has 0 radical (unpaired) electrons. The summed E-state index contributed by atoms with van der Waals surface area (Å²) in [5.41, 5.74) is 0. The molecular weight excluding hydrogens is 215 g/mol. The summed E-state index contributed by atoms with van der Waals surface area (Å²) in [6, 6.07) is 0. The van der Waals surface area contributed by atoms with E-state index in [1.54, 1.807) is 5.32 Å². The quantitative estimate of drug-likeness (QED) is 0.740. The normalized spacial score (nSPS) is 13.3. The highest BCUT2D eigenvalue weighted by molar-refractivity contribution is 5.77. The van der Waals surface area contributed by atoms with Crippen molar-refractivity contribution in [1.82, 2.24) is 5.32 Å². The van der Waals surface area contributed by atoms with E-state index in [2.05, 4.69) is 0 Å². The number of amides is 1. The van der Waals surface area contributed by atoms with Crippen LogP contribution in [0.25, 0.3) is 0 Å². The topological polar surface area (TPSA) is 66.4 Å². The van der Waals surface area contributed by atoms with Gasteiger partial charge in [-0.25, -0.2) is 0 Å². The second-order valence-corrected chi connectivity index (χ2v) is 3.30. The van der Waals surface area contributed by atoms with Crippen molar-refractivity contribution >= 4 is 11.9 Å². The molecule has 0 aromatic rings. The van der Waals surface area contributed by atoms with E-state index < -0.39 is 30.5 Å². The van der Waals surface area contributed by atoms with Crippen molar-refractivity contribution in [3.05, 3.63) is 0 Å². The Labute approximate surface area is 84.5 Å². The summed E-state index contributed by atoms with van der Waals surface area (Å²) in [7, 11) is 0. The van der Waals surface area contributed by atoms with Gasteiger partial charge >= 0.3 is 12.1 Å². The Bertz CT molecular complexity index is 240. The summed E-state index contributed by atoms with van der Waals surface area (Å²) < 4.78 is 35.0. The molecule has 7 heteroatoms. The molecule has 0 aliphatic heterocycles. The van der Waals surface area contributed by atoms with Crippen molar-refractivity contribution < 1.29 is 27.9 Å². The molecule has 0 aromatic heterocycles. The van der Waals surface area contributed by atoms with Crippen molar-refractivity contribution in [2.24, 2.45) is 5.92 Å². The second-order valence-electron chi connectivity index (χ2n) is 3.30. The number of carbonyl (C=O) groups is 2. The molecule has 0 saturated carbocycles. The molecule has 0 bridgehead atoms. The predicted octanol–water partition coefficient (Wildman–Crippen LogP) is 1.17. The number of carboxylic acids is 1. The molecule has 0 spiro atoms. The maximum absolute atomic E-state index is 11.7. The number of nitrogens with one attached hydrogen (secondary N) is 1. The molecule has 1 amide bonds. The van der Waals surface area contributed by atoms with Crippen LogP contribution in [0.3, 0.4) is 0 Å². The van der Waals surface area contributed by atoms with Crippen LogP contribution in [-0.2, 0) is 9.59 Å². The first-order chi connectivity index (χ1) is 6.70. The summed E-state index contributed by atoms with van der Waals surface area (Å²) in [6.07, 6.45) is -4.90. The summed E-state index contributed by atoms with van der Waals surface area (Å²) in [5.74, 6) is -2.34. The molecule has 2 N–H and O–H groups in total. The van der Waals surface area contributed by atoms with Gasteiger partial charge in [-0.2, -0.15) is 13.2 Å². The highest BCUT2D eigenvalue weighted by Gasteiger charge is 2.27. The third-order valence-corrected chi connectivity index (χ3v) is 1.54. The molecule has 0 aliphatic rings. The maximum Gasteiger partial charge on any atom is 0.405 e. The van der Waals surface area contributed by atoms with Crippen LogP contribution in [0.4, 0.5) is 13.2 Å². The Balaban J connectivity index is 3.79. The van der Waals surface area contributed by atoms with Crippen LogP contribution < -0.4 is 5.32 Å². The van der Waals surface area contributed by atoms with Crippen LogP contribution in [-0.4, -0.2) is 29.7 Å². The smallest absolute Gasteiger partial charge is 0.405 e. The lowest BCUT2D eigenvalue weighted by atomic mass is 10.0. The van der Waals surface area contributed by atoms with Gasteiger partial charge in [0.15, 0.2) is 0 Å². The van der Waals surface area contributed by atoms with Crippen molar-refractivity contribution in [1.29, 1.82) is 0 Å². The molecule has 15 heavy (non-hydrogen) atoms. The number of alkyl halides is 3. The lowest BCUT2D eigenvalue weighted by molar-refractivity contribution is -0.140. The number of carbonyl (C=O) groups excluding carboxylic acids is 1. The molecule has 0 aliphatic carbocycles. The van der Waals surface area contributed by atoms with Crippen LogP contribution >= 0.6 is 0 Å². The van der Waals surface area contributed by atoms with Crippen LogP contribution in [0.2, 0.25) is 0 Å². The van der Waals surface area contributed by atoms with E-state index in [0.717, 1.165) is 0 Å². The first kappa shape index (κ1) is 13.7. The molecule has 0 fully saturated rings. The van der Waals surface area contributed by atoms with Gasteiger partial charge < -0.3 is 10.4 Å². The van der Waals surface area contributed by atoms with Gasteiger partial charge in [0.25, 0.3) is 0 Å². The van der Waals surface area contributed by atoms with Gasteiger partial charge in [-0.1, -0.05) is 6.92 Å². The zero-order valence-electron chi connectivity index (χ0n) is 8.10. The van der Waals surface area contributed by atoms with E-state index in [9.17, 15) is 22.8 Å². The van der Waals surface area contributed by atoms with Gasteiger partial charge in [0, 0.05) is 12.8 Å². The maximum atomic E-state index is 11.7. The fourth-order valence-corrected chi connectivity index (χ4v) is 0.958. The Kier molecular flexibility index (Phi) is 5.10. The van der Waals surface area contributed by atoms with Gasteiger partial charge in [-0.15, -0.1) is 0 Å². The highest BCUT2D eigenvalue weighted by atomic mass is 19.4. The minimum absolute atomic E-state index is 0.220. The van der Waals surface area contributed by atoms with Gasteiger partial charge in [0.2, 0.25) is 5.91 Å². The van der Waals surface area contributed by atoms with E-state index in [1.807, 2.05) is 0 Å². The van der Waals surface area contributed by atoms with Crippen LogP contribution in [0.1, 0.15) is 19.8 Å². The minimum Gasteiger partial charge on any atom is -0.481 e. The molecule has 0 saturated heterocycles. The molecule has 88 valence electrons. The standard InChI is InChI=1S/C8H12F3NO3/c1-5(3-7(14)15)2-6(13)12-4-8(9,10)11/h5H,2-4H2,1H3,(H,12,13)(H,14,15). The number of halogens is 3.